The zero-order chi connectivity index (χ0) is 11.6. The summed E-state index contributed by atoms with van der Waals surface area (Å²) in [5, 5.41) is 9.62. The van der Waals surface area contributed by atoms with E-state index >= 15 is 0 Å². The van der Waals surface area contributed by atoms with Gasteiger partial charge in [-0.05, 0) is 24.6 Å². The maximum atomic E-state index is 11.2. The Morgan fingerprint density at radius 3 is 2.07 bits per heavy atom. The van der Waals surface area contributed by atoms with Gasteiger partial charge < -0.3 is 10.8 Å². The normalized spacial score (nSPS) is 16.0. The SMILES string of the molecule is CC(N)C(O)c1ccc(S(C)(=O)=O)cc1. The van der Waals surface area contributed by atoms with Gasteiger partial charge in [-0.3, -0.25) is 0 Å². The molecule has 0 spiro atoms. The molecule has 0 heterocycles. The van der Waals surface area contributed by atoms with E-state index in [1.54, 1.807) is 19.1 Å². The maximum Gasteiger partial charge on any atom is 0.175 e. The molecule has 4 nitrogen and oxygen atoms in total. The van der Waals surface area contributed by atoms with Gasteiger partial charge in [0.15, 0.2) is 9.84 Å². The van der Waals surface area contributed by atoms with Gasteiger partial charge in [0.05, 0.1) is 11.0 Å². The maximum absolute atomic E-state index is 11.2. The molecular weight excluding hydrogens is 214 g/mol. The number of aliphatic hydroxyl groups excluding tert-OH is 1. The van der Waals surface area contributed by atoms with Crippen molar-refractivity contribution in [2.45, 2.75) is 24.0 Å². The van der Waals surface area contributed by atoms with Crippen LogP contribution in [-0.4, -0.2) is 25.8 Å². The van der Waals surface area contributed by atoms with Crippen LogP contribution in [0.25, 0.3) is 0 Å². The summed E-state index contributed by atoms with van der Waals surface area (Å²) in [4.78, 5) is 0.239. The van der Waals surface area contributed by atoms with Gasteiger partial charge in [-0.2, -0.15) is 0 Å². The summed E-state index contributed by atoms with van der Waals surface area (Å²) < 4.78 is 22.3. The van der Waals surface area contributed by atoms with Crippen LogP contribution in [0.15, 0.2) is 29.2 Å². The molecular formula is C10H15NO3S. The first-order valence-electron chi connectivity index (χ1n) is 4.56. The molecule has 1 rings (SSSR count). The van der Waals surface area contributed by atoms with E-state index in [1.807, 2.05) is 0 Å². The molecule has 2 atom stereocenters. The predicted molar refractivity (Wildman–Crippen MR) is 58.2 cm³/mol. The second kappa shape index (κ2) is 4.30. The Labute approximate surface area is 89.7 Å². The molecule has 15 heavy (non-hydrogen) atoms. The van der Waals surface area contributed by atoms with Crippen molar-refractivity contribution in [3.8, 4) is 0 Å². The first kappa shape index (κ1) is 12.2. The zero-order valence-electron chi connectivity index (χ0n) is 8.71. The smallest absolute Gasteiger partial charge is 0.175 e. The summed E-state index contributed by atoms with van der Waals surface area (Å²) in [6, 6.07) is 5.70. The average molecular weight is 229 g/mol. The first-order valence-corrected chi connectivity index (χ1v) is 6.45. The fraction of sp³-hybridized carbons (Fsp3) is 0.400. The Balaban J connectivity index is 3.01. The molecule has 0 amide bonds. The molecule has 0 fully saturated rings. The van der Waals surface area contributed by atoms with Crippen LogP contribution >= 0.6 is 0 Å². The van der Waals surface area contributed by atoms with Crippen molar-refractivity contribution in [1.29, 1.82) is 0 Å². The van der Waals surface area contributed by atoms with E-state index in [2.05, 4.69) is 0 Å². The van der Waals surface area contributed by atoms with Crippen LogP contribution in [0.2, 0.25) is 0 Å². The summed E-state index contributed by atoms with van der Waals surface area (Å²) in [6.07, 6.45) is 0.378. The van der Waals surface area contributed by atoms with Crippen LogP contribution in [-0.2, 0) is 9.84 Å². The number of aliphatic hydroxyl groups is 1. The standard InChI is InChI=1S/C10H15NO3S/c1-7(11)10(12)8-3-5-9(6-4-8)15(2,13)14/h3-7,10,12H,11H2,1-2H3. The molecule has 0 saturated heterocycles. The van der Waals surface area contributed by atoms with Crippen LogP contribution in [0.5, 0.6) is 0 Å². The Bertz CT molecular complexity index is 422. The van der Waals surface area contributed by atoms with Gasteiger partial charge in [-0.15, -0.1) is 0 Å². The third kappa shape index (κ3) is 3.02. The van der Waals surface area contributed by atoms with E-state index in [-0.39, 0.29) is 10.9 Å². The van der Waals surface area contributed by atoms with Crippen molar-refractivity contribution in [2.75, 3.05) is 6.26 Å². The lowest BCUT2D eigenvalue weighted by molar-refractivity contribution is 0.153. The third-order valence-corrected chi connectivity index (χ3v) is 3.28. The van der Waals surface area contributed by atoms with Crippen molar-refractivity contribution in [3.05, 3.63) is 29.8 Å². The number of hydrogen-bond donors (Lipinski definition) is 2. The van der Waals surface area contributed by atoms with Crippen molar-refractivity contribution >= 4 is 9.84 Å². The second-order valence-corrected chi connectivity index (χ2v) is 5.66. The fourth-order valence-corrected chi connectivity index (χ4v) is 1.85. The van der Waals surface area contributed by atoms with Crippen LogP contribution in [0.4, 0.5) is 0 Å². The number of nitrogens with two attached hydrogens (primary N) is 1. The van der Waals surface area contributed by atoms with E-state index in [1.165, 1.54) is 12.1 Å². The van der Waals surface area contributed by atoms with Crippen molar-refractivity contribution in [1.82, 2.24) is 0 Å². The van der Waals surface area contributed by atoms with E-state index in [0.717, 1.165) is 6.26 Å². The molecule has 1 aromatic carbocycles. The number of benzene rings is 1. The molecule has 0 saturated carbocycles. The van der Waals surface area contributed by atoms with Gasteiger partial charge in [0.2, 0.25) is 0 Å². The van der Waals surface area contributed by atoms with Gasteiger partial charge in [-0.1, -0.05) is 12.1 Å². The fourth-order valence-electron chi connectivity index (χ4n) is 1.22. The molecule has 0 aliphatic heterocycles. The molecule has 0 aliphatic carbocycles. The molecule has 3 N–H and O–H groups in total. The summed E-state index contributed by atoms with van der Waals surface area (Å²) >= 11 is 0. The Morgan fingerprint density at radius 2 is 1.73 bits per heavy atom. The topological polar surface area (TPSA) is 80.4 Å². The number of sulfone groups is 1. The zero-order valence-corrected chi connectivity index (χ0v) is 9.53. The largest absolute Gasteiger partial charge is 0.387 e. The molecule has 1 aromatic rings. The van der Waals surface area contributed by atoms with Gasteiger partial charge in [0.1, 0.15) is 0 Å². The molecule has 84 valence electrons. The summed E-state index contributed by atoms with van der Waals surface area (Å²) in [7, 11) is -3.18. The highest BCUT2D eigenvalue weighted by molar-refractivity contribution is 7.90. The lowest BCUT2D eigenvalue weighted by Gasteiger charge is -2.14. The molecule has 0 radical (unpaired) electrons. The quantitative estimate of drug-likeness (QED) is 0.789. The van der Waals surface area contributed by atoms with Crippen LogP contribution in [0.1, 0.15) is 18.6 Å². The predicted octanol–water partition coefficient (Wildman–Crippen LogP) is 0.471. The Morgan fingerprint density at radius 1 is 1.27 bits per heavy atom. The van der Waals surface area contributed by atoms with Crippen molar-refractivity contribution in [2.24, 2.45) is 5.73 Å². The molecule has 5 heteroatoms. The van der Waals surface area contributed by atoms with Crippen LogP contribution < -0.4 is 5.73 Å². The highest BCUT2D eigenvalue weighted by atomic mass is 32.2. The minimum atomic E-state index is -3.18. The molecule has 0 bridgehead atoms. The summed E-state index contributed by atoms with van der Waals surface area (Å²) in [6.45, 7) is 1.69. The van der Waals surface area contributed by atoms with E-state index in [9.17, 15) is 13.5 Å². The van der Waals surface area contributed by atoms with E-state index in [4.69, 9.17) is 5.73 Å². The molecule has 0 aromatic heterocycles. The van der Waals surface area contributed by atoms with Gasteiger partial charge in [0.25, 0.3) is 0 Å². The molecule has 0 aliphatic rings. The average Bonchev–Trinajstić information content (AvgIpc) is 2.15. The lowest BCUT2D eigenvalue weighted by atomic mass is 10.0. The van der Waals surface area contributed by atoms with Crippen molar-refractivity contribution in [3.63, 3.8) is 0 Å². The van der Waals surface area contributed by atoms with Gasteiger partial charge >= 0.3 is 0 Å². The number of hydrogen-bond acceptors (Lipinski definition) is 4. The molecule has 2 unspecified atom stereocenters. The first-order chi connectivity index (χ1) is 6.82. The number of rotatable bonds is 3. The highest BCUT2D eigenvalue weighted by Crippen LogP contribution is 2.18. The van der Waals surface area contributed by atoms with Crippen LogP contribution in [0, 0.1) is 0 Å². The summed E-state index contributed by atoms with van der Waals surface area (Å²) in [5.41, 5.74) is 6.15. The third-order valence-electron chi connectivity index (χ3n) is 2.15. The van der Waals surface area contributed by atoms with E-state index in [0.29, 0.717) is 5.56 Å². The Kier molecular flexibility index (Phi) is 3.49. The monoisotopic (exact) mass is 229 g/mol. The minimum absolute atomic E-state index is 0.239. The minimum Gasteiger partial charge on any atom is -0.387 e. The summed E-state index contributed by atoms with van der Waals surface area (Å²) in [5.74, 6) is 0. The van der Waals surface area contributed by atoms with Crippen LogP contribution in [0.3, 0.4) is 0 Å². The van der Waals surface area contributed by atoms with Gasteiger partial charge in [-0.25, -0.2) is 8.42 Å². The van der Waals surface area contributed by atoms with E-state index < -0.39 is 15.9 Å². The second-order valence-electron chi connectivity index (χ2n) is 3.65. The van der Waals surface area contributed by atoms with Gasteiger partial charge in [0, 0.05) is 12.3 Å². The Hall–Kier alpha value is -0.910. The lowest BCUT2D eigenvalue weighted by Crippen LogP contribution is -2.24. The van der Waals surface area contributed by atoms with Crippen molar-refractivity contribution < 1.29 is 13.5 Å². The highest BCUT2D eigenvalue weighted by Gasteiger charge is 2.13.